The predicted molar refractivity (Wildman–Crippen MR) is 102 cm³/mol. The molecule has 3 aliphatic rings. The molecule has 1 amide bonds. The second-order valence-corrected chi connectivity index (χ2v) is 8.11. The van der Waals surface area contributed by atoms with Gasteiger partial charge in [0.25, 0.3) is 5.91 Å². The highest BCUT2D eigenvalue weighted by molar-refractivity contribution is 5.94. The van der Waals surface area contributed by atoms with E-state index < -0.39 is 0 Å². The van der Waals surface area contributed by atoms with Crippen molar-refractivity contribution in [3.8, 4) is 0 Å². The van der Waals surface area contributed by atoms with Crippen LogP contribution in [0.3, 0.4) is 0 Å². The van der Waals surface area contributed by atoms with Crippen LogP contribution in [0.2, 0.25) is 0 Å². The van der Waals surface area contributed by atoms with E-state index >= 15 is 0 Å². The van der Waals surface area contributed by atoms with Crippen molar-refractivity contribution in [3.63, 3.8) is 0 Å². The molecule has 3 aliphatic heterocycles. The normalized spacial score (nSPS) is 26.3. The zero-order valence-electron chi connectivity index (χ0n) is 15.6. The monoisotopic (exact) mass is 357 g/mol. The van der Waals surface area contributed by atoms with Crippen LogP contribution in [-0.4, -0.2) is 72.2 Å². The zero-order valence-corrected chi connectivity index (χ0v) is 15.6. The van der Waals surface area contributed by atoms with Crippen LogP contribution in [0.4, 0.5) is 0 Å². The van der Waals surface area contributed by atoms with Gasteiger partial charge >= 0.3 is 0 Å². The van der Waals surface area contributed by atoms with Crippen LogP contribution in [0.5, 0.6) is 0 Å². The molecule has 1 aromatic rings. The van der Waals surface area contributed by atoms with Gasteiger partial charge in [0.15, 0.2) is 0 Å². The van der Waals surface area contributed by atoms with Crippen molar-refractivity contribution < 1.29 is 9.90 Å². The first-order chi connectivity index (χ1) is 12.7. The molecule has 5 nitrogen and oxygen atoms in total. The number of likely N-dealkylation sites (tertiary alicyclic amines) is 2. The SMILES string of the molecule is O=C(c1cccc([C@H]2CCNC2)c1)N1CCC(N2CCC(O)CC2)CC1. The minimum absolute atomic E-state index is 0.115. The molecule has 0 spiro atoms. The van der Waals surface area contributed by atoms with E-state index in [2.05, 4.69) is 22.3 Å². The Bertz CT molecular complexity index is 613. The molecule has 0 bridgehead atoms. The van der Waals surface area contributed by atoms with Crippen LogP contribution in [0.1, 0.15) is 53.9 Å². The smallest absolute Gasteiger partial charge is 0.253 e. The average molecular weight is 357 g/mol. The number of rotatable bonds is 3. The van der Waals surface area contributed by atoms with Crippen LogP contribution in [-0.2, 0) is 0 Å². The van der Waals surface area contributed by atoms with Crippen LogP contribution in [0.25, 0.3) is 0 Å². The van der Waals surface area contributed by atoms with Crippen molar-refractivity contribution >= 4 is 5.91 Å². The largest absolute Gasteiger partial charge is 0.393 e. The summed E-state index contributed by atoms with van der Waals surface area (Å²) in [7, 11) is 0. The Morgan fingerprint density at radius 1 is 1.04 bits per heavy atom. The molecule has 1 atom stereocenters. The average Bonchev–Trinajstić information content (AvgIpc) is 3.23. The molecule has 2 N–H and O–H groups in total. The standard InChI is InChI=1S/C21H31N3O2/c25-20-7-12-23(13-8-20)19-5-10-24(11-6-19)21(26)17-3-1-2-16(14-17)18-4-9-22-15-18/h1-3,14,18-20,22,25H,4-13,15H2/t18-/m0/s1. The van der Waals surface area contributed by atoms with Crippen molar-refractivity contribution in [2.24, 2.45) is 0 Å². The van der Waals surface area contributed by atoms with Crippen LogP contribution >= 0.6 is 0 Å². The Hall–Kier alpha value is -1.43. The number of hydrogen-bond donors (Lipinski definition) is 2. The van der Waals surface area contributed by atoms with E-state index in [-0.39, 0.29) is 12.0 Å². The summed E-state index contributed by atoms with van der Waals surface area (Å²) >= 11 is 0. The number of carbonyl (C=O) groups is 1. The van der Waals surface area contributed by atoms with Crippen molar-refractivity contribution in [2.45, 2.75) is 50.2 Å². The van der Waals surface area contributed by atoms with Gasteiger partial charge in [-0.15, -0.1) is 0 Å². The highest BCUT2D eigenvalue weighted by atomic mass is 16.3. The van der Waals surface area contributed by atoms with Gasteiger partial charge in [0.05, 0.1) is 6.10 Å². The van der Waals surface area contributed by atoms with Gasteiger partial charge in [-0.05, 0) is 62.3 Å². The lowest BCUT2D eigenvalue weighted by Crippen LogP contribution is -2.49. The number of amides is 1. The lowest BCUT2D eigenvalue weighted by Gasteiger charge is -2.41. The number of aliphatic hydroxyl groups is 1. The summed E-state index contributed by atoms with van der Waals surface area (Å²) < 4.78 is 0. The second-order valence-electron chi connectivity index (χ2n) is 8.11. The van der Waals surface area contributed by atoms with Crippen LogP contribution in [0.15, 0.2) is 24.3 Å². The number of hydrogen-bond acceptors (Lipinski definition) is 4. The Morgan fingerprint density at radius 3 is 2.50 bits per heavy atom. The molecular weight excluding hydrogens is 326 g/mol. The number of aliphatic hydroxyl groups excluding tert-OH is 1. The zero-order chi connectivity index (χ0) is 17.9. The molecule has 0 saturated carbocycles. The van der Waals surface area contributed by atoms with E-state index in [1.165, 1.54) is 5.56 Å². The van der Waals surface area contributed by atoms with E-state index in [0.717, 1.165) is 76.9 Å². The minimum atomic E-state index is -0.115. The quantitative estimate of drug-likeness (QED) is 0.867. The Labute approximate surface area is 156 Å². The molecular formula is C21H31N3O2. The molecule has 26 heavy (non-hydrogen) atoms. The van der Waals surface area contributed by atoms with Gasteiger partial charge in [-0.1, -0.05) is 12.1 Å². The summed E-state index contributed by atoms with van der Waals surface area (Å²) in [4.78, 5) is 17.5. The van der Waals surface area contributed by atoms with Crippen LogP contribution in [0, 0.1) is 0 Å². The van der Waals surface area contributed by atoms with E-state index in [9.17, 15) is 9.90 Å². The maximum atomic E-state index is 13.0. The topological polar surface area (TPSA) is 55.8 Å². The molecule has 0 radical (unpaired) electrons. The van der Waals surface area contributed by atoms with E-state index in [1.54, 1.807) is 0 Å². The fraction of sp³-hybridized carbons (Fsp3) is 0.667. The Kier molecular flexibility index (Phi) is 5.57. The molecule has 0 unspecified atom stereocenters. The first kappa shape index (κ1) is 18.0. The van der Waals surface area contributed by atoms with Gasteiger partial charge in [-0.2, -0.15) is 0 Å². The summed E-state index contributed by atoms with van der Waals surface area (Å²) in [5.74, 6) is 0.730. The first-order valence-corrected chi connectivity index (χ1v) is 10.2. The third-order valence-corrected chi connectivity index (χ3v) is 6.43. The number of piperidine rings is 2. The third kappa shape index (κ3) is 3.95. The Balaban J connectivity index is 1.34. The van der Waals surface area contributed by atoms with E-state index in [0.29, 0.717) is 12.0 Å². The lowest BCUT2D eigenvalue weighted by molar-refractivity contribution is 0.0357. The van der Waals surface area contributed by atoms with Crippen molar-refractivity contribution in [1.82, 2.24) is 15.1 Å². The van der Waals surface area contributed by atoms with Crippen molar-refractivity contribution in [1.29, 1.82) is 0 Å². The maximum absolute atomic E-state index is 13.0. The molecule has 0 aromatic heterocycles. The number of nitrogens with zero attached hydrogens (tertiary/aromatic N) is 2. The number of carbonyl (C=O) groups excluding carboxylic acids is 1. The van der Waals surface area contributed by atoms with Gasteiger partial charge in [0.1, 0.15) is 0 Å². The fourth-order valence-corrected chi connectivity index (χ4v) is 4.73. The van der Waals surface area contributed by atoms with E-state index in [1.807, 2.05) is 17.0 Å². The van der Waals surface area contributed by atoms with Gasteiger partial charge < -0.3 is 20.2 Å². The number of benzene rings is 1. The lowest BCUT2D eigenvalue weighted by atomic mass is 9.95. The molecule has 3 fully saturated rings. The summed E-state index contributed by atoms with van der Waals surface area (Å²) in [6, 6.07) is 8.84. The van der Waals surface area contributed by atoms with Gasteiger partial charge in [0, 0.05) is 44.3 Å². The maximum Gasteiger partial charge on any atom is 0.253 e. The van der Waals surface area contributed by atoms with Crippen molar-refractivity contribution in [3.05, 3.63) is 35.4 Å². The molecule has 0 aliphatic carbocycles. The summed E-state index contributed by atoms with van der Waals surface area (Å²) in [6.45, 7) is 5.78. The Morgan fingerprint density at radius 2 is 1.81 bits per heavy atom. The molecule has 4 rings (SSSR count). The number of nitrogens with one attached hydrogen (secondary N) is 1. The minimum Gasteiger partial charge on any atom is -0.393 e. The first-order valence-electron chi connectivity index (χ1n) is 10.2. The van der Waals surface area contributed by atoms with Crippen LogP contribution < -0.4 is 5.32 Å². The molecule has 142 valence electrons. The van der Waals surface area contributed by atoms with Crippen molar-refractivity contribution in [2.75, 3.05) is 39.3 Å². The van der Waals surface area contributed by atoms with Gasteiger partial charge in [0.2, 0.25) is 0 Å². The molecule has 5 heteroatoms. The molecule has 3 saturated heterocycles. The highest BCUT2D eigenvalue weighted by Crippen LogP contribution is 2.25. The third-order valence-electron chi connectivity index (χ3n) is 6.43. The van der Waals surface area contributed by atoms with E-state index in [4.69, 9.17) is 0 Å². The fourth-order valence-electron chi connectivity index (χ4n) is 4.73. The van der Waals surface area contributed by atoms with Gasteiger partial charge in [-0.25, -0.2) is 0 Å². The summed E-state index contributed by atoms with van der Waals surface area (Å²) in [5.41, 5.74) is 2.14. The van der Waals surface area contributed by atoms with Gasteiger partial charge in [-0.3, -0.25) is 4.79 Å². The highest BCUT2D eigenvalue weighted by Gasteiger charge is 2.29. The second kappa shape index (κ2) is 8.07. The summed E-state index contributed by atoms with van der Waals surface area (Å²) in [6.07, 6.45) is 4.93. The molecule has 1 aromatic carbocycles. The summed E-state index contributed by atoms with van der Waals surface area (Å²) in [5, 5.41) is 13.1. The predicted octanol–water partition coefficient (Wildman–Crippen LogP) is 1.82. The molecule has 3 heterocycles.